The predicted molar refractivity (Wildman–Crippen MR) is 137 cm³/mol. The van der Waals surface area contributed by atoms with E-state index < -0.39 is 6.04 Å². The van der Waals surface area contributed by atoms with Gasteiger partial charge >= 0.3 is 0 Å². The van der Waals surface area contributed by atoms with Gasteiger partial charge in [0, 0.05) is 13.0 Å². The van der Waals surface area contributed by atoms with Gasteiger partial charge in [-0.2, -0.15) is 0 Å². The average Bonchev–Trinajstić information content (AvgIpc) is 3.31. The Labute approximate surface area is 210 Å². The van der Waals surface area contributed by atoms with Gasteiger partial charge in [-0.05, 0) is 88.6 Å². The Balaban J connectivity index is 1.42. The molecular formula is C28H43N3O4. The number of nitrogens with one attached hydrogen (secondary N) is 2. The molecule has 1 saturated heterocycles. The number of carbonyl (C=O) groups is 3. The van der Waals surface area contributed by atoms with Crippen LogP contribution in [0.2, 0.25) is 0 Å². The van der Waals surface area contributed by atoms with Crippen LogP contribution in [0.3, 0.4) is 0 Å². The molecule has 194 valence electrons. The molecule has 2 unspecified atom stereocenters. The second-order valence-corrected chi connectivity index (χ2v) is 10.1. The second kappa shape index (κ2) is 14.9. The molecule has 0 bridgehead atoms. The van der Waals surface area contributed by atoms with Crippen molar-refractivity contribution >= 4 is 18.1 Å². The topological polar surface area (TPSA) is 87.7 Å². The molecule has 2 amide bonds. The fourth-order valence-electron chi connectivity index (χ4n) is 5.28. The molecule has 7 heteroatoms. The van der Waals surface area contributed by atoms with E-state index >= 15 is 0 Å². The van der Waals surface area contributed by atoms with Gasteiger partial charge in [-0.15, -0.1) is 0 Å². The molecule has 35 heavy (non-hydrogen) atoms. The minimum atomic E-state index is -0.426. The summed E-state index contributed by atoms with van der Waals surface area (Å²) < 4.78 is 5.71. The zero-order valence-electron chi connectivity index (χ0n) is 21.3. The molecule has 2 atom stereocenters. The Morgan fingerprint density at radius 1 is 1.11 bits per heavy atom. The first-order chi connectivity index (χ1) is 17.1. The number of likely N-dealkylation sites (N-methyl/N-ethyl adjacent to an activating group) is 1. The van der Waals surface area contributed by atoms with Crippen LogP contribution < -0.4 is 15.4 Å². The molecule has 2 aliphatic rings. The normalized spacial score (nSPS) is 19.7. The molecule has 0 radical (unpaired) electrons. The maximum absolute atomic E-state index is 13.1. The van der Waals surface area contributed by atoms with E-state index in [1.807, 2.05) is 25.2 Å². The van der Waals surface area contributed by atoms with Crippen molar-refractivity contribution in [2.75, 3.05) is 26.7 Å². The highest BCUT2D eigenvalue weighted by Gasteiger charge is 2.35. The van der Waals surface area contributed by atoms with Crippen LogP contribution in [0.5, 0.6) is 5.75 Å². The number of carbonyl (C=O) groups excluding carboxylic acids is 3. The second-order valence-electron chi connectivity index (χ2n) is 10.1. The lowest BCUT2D eigenvalue weighted by Crippen LogP contribution is -2.55. The molecular weight excluding hydrogens is 442 g/mol. The number of benzene rings is 1. The monoisotopic (exact) mass is 485 g/mol. The Hall–Kier alpha value is -2.41. The quantitative estimate of drug-likeness (QED) is 0.310. The summed E-state index contributed by atoms with van der Waals surface area (Å²) in [5, 5.41) is 6.23. The third-order valence-electron chi connectivity index (χ3n) is 7.35. The molecule has 3 rings (SSSR count). The molecule has 1 aromatic carbocycles. The average molecular weight is 486 g/mol. The highest BCUT2D eigenvalue weighted by Crippen LogP contribution is 2.27. The van der Waals surface area contributed by atoms with Gasteiger partial charge in [0.2, 0.25) is 11.8 Å². The number of amides is 2. The van der Waals surface area contributed by atoms with E-state index in [1.165, 1.54) is 12.0 Å². The van der Waals surface area contributed by atoms with Gasteiger partial charge in [-0.25, -0.2) is 0 Å². The first-order valence-corrected chi connectivity index (χ1v) is 13.5. The van der Waals surface area contributed by atoms with E-state index in [1.54, 1.807) is 0 Å². The summed E-state index contributed by atoms with van der Waals surface area (Å²) in [6.45, 7) is 2.10. The maximum atomic E-state index is 13.1. The lowest BCUT2D eigenvalue weighted by Gasteiger charge is -2.31. The van der Waals surface area contributed by atoms with E-state index in [2.05, 4.69) is 21.6 Å². The third kappa shape index (κ3) is 8.95. The van der Waals surface area contributed by atoms with Crippen LogP contribution in [0.25, 0.3) is 0 Å². The molecule has 2 fully saturated rings. The summed E-state index contributed by atoms with van der Waals surface area (Å²) in [5.41, 5.74) is 1.21. The molecule has 0 aromatic heterocycles. The molecule has 1 aliphatic heterocycles. The zero-order chi connectivity index (χ0) is 24.9. The van der Waals surface area contributed by atoms with Crippen molar-refractivity contribution < 1.29 is 19.1 Å². The van der Waals surface area contributed by atoms with E-state index in [9.17, 15) is 14.4 Å². The largest absolute Gasteiger partial charge is 0.494 e. The van der Waals surface area contributed by atoms with Gasteiger partial charge in [0.25, 0.3) is 0 Å². The van der Waals surface area contributed by atoms with Crippen LogP contribution in [0, 0.1) is 5.92 Å². The molecule has 1 heterocycles. The van der Waals surface area contributed by atoms with Crippen molar-refractivity contribution in [2.24, 2.45) is 5.92 Å². The van der Waals surface area contributed by atoms with Crippen LogP contribution in [0.4, 0.5) is 0 Å². The lowest BCUT2D eigenvalue weighted by molar-refractivity contribution is -0.132. The first-order valence-electron chi connectivity index (χ1n) is 13.5. The summed E-state index contributed by atoms with van der Waals surface area (Å²) >= 11 is 0. The summed E-state index contributed by atoms with van der Waals surface area (Å²) in [5.74, 6) is 1.04. The molecule has 1 aromatic rings. The fourth-order valence-corrected chi connectivity index (χ4v) is 5.28. The number of unbranched alkanes of at least 4 members (excludes halogenated alkanes) is 2. The zero-order valence-corrected chi connectivity index (χ0v) is 21.3. The van der Waals surface area contributed by atoms with E-state index in [0.29, 0.717) is 19.6 Å². The summed E-state index contributed by atoms with van der Waals surface area (Å²) in [6.07, 6.45) is 12.3. The standard InChI is InChI=1S/C28H43N3O4/c1-31-18-10-16-25(31)27(33)30-26(23-13-3-2-4-14-23)28(34)29-17-6-5-11-22-12-9-15-24(21-22)35-20-8-7-19-32/h9,12,15,19,21,23,25-26H,2-8,10-11,13-14,16-18,20H2,1H3,(H,29,34)(H,30,33). The number of nitrogens with zero attached hydrogens (tertiary/aromatic N) is 1. The van der Waals surface area contributed by atoms with E-state index in [-0.39, 0.29) is 23.8 Å². The van der Waals surface area contributed by atoms with Crippen LogP contribution in [-0.2, 0) is 20.8 Å². The van der Waals surface area contributed by atoms with Crippen LogP contribution in [-0.4, -0.2) is 61.8 Å². The van der Waals surface area contributed by atoms with Gasteiger partial charge in [0.1, 0.15) is 18.1 Å². The molecule has 2 N–H and O–H groups in total. The van der Waals surface area contributed by atoms with Gasteiger partial charge < -0.3 is 20.2 Å². The highest BCUT2D eigenvalue weighted by molar-refractivity contribution is 5.90. The smallest absolute Gasteiger partial charge is 0.242 e. The van der Waals surface area contributed by atoms with Crippen LogP contribution >= 0.6 is 0 Å². The molecule has 1 saturated carbocycles. The van der Waals surface area contributed by atoms with Crippen molar-refractivity contribution in [3.05, 3.63) is 29.8 Å². The van der Waals surface area contributed by atoms with Gasteiger partial charge in [-0.3, -0.25) is 14.5 Å². The van der Waals surface area contributed by atoms with Crippen molar-refractivity contribution in [2.45, 2.75) is 89.1 Å². The number of ether oxygens (including phenoxy) is 1. The van der Waals surface area contributed by atoms with Crippen LogP contribution in [0.15, 0.2) is 24.3 Å². The fraction of sp³-hybridized carbons (Fsp3) is 0.679. The van der Waals surface area contributed by atoms with Gasteiger partial charge in [-0.1, -0.05) is 31.4 Å². The highest BCUT2D eigenvalue weighted by atomic mass is 16.5. The molecule has 0 spiro atoms. The number of aryl methyl sites for hydroxylation is 1. The Morgan fingerprint density at radius 2 is 1.94 bits per heavy atom. The maximum Gasteiger partial charge on any atom is 0.242 e. The third-order valence-corrected chi connectivity index (χ3v) is 7.35. The Morgan fingerprint density at radius 3 is 2.69 bits per heavy atom. The molecule has 1 aliphatic carbocycles. The number of aldehydes is 1. The first kappa shape index (κ1) is 27.2. The Kier molecular flexibility index (Phi) is 11.5. The summed E-state index contributed by atoms with van der Waals surface area (Å²) in [7, 11) is 1.99. The minimum absolute atomic E-state index is 0.00369. The number of likely N-dealkylation sites (tertiary alicyclic amines) is 1. The minimum Gasteiger partial charge on any atom is -0.494 e. The Bertz CT molecular complexity index is 809. The van der Waals surface area contributed by atoms with Crippen LogP contribution in [0.1, 0.15) is 76.2 Å². The van der Waals surface area contributed by atoms with Crippen molar-refractivity contribution in [3.8, 4) is 5.75 Å². The number of hydrogen-bond donors (Lipinski definition) is 2. The van der Waals surface area contributed by atoms with E-state index in [4.69, 9.17) is 4.74 Å². The summed E-state index contributed by atoms with van der Waals surface area (Å²) in [6, 6.07) is 7.53. The van der Waals surface area contributed by atoms with Crippen molar-refractivity contribution in [3.63, 3.8) is 0 Å². The lowest BCUT2D eigenvalue weighted by atomic mass is 9.83. The predicted octanol–water partition coefficient (Wildman–Crippen LogP) is 3.64. The number of hydrogen-bond acceptors (Lipinski definition) is 5. The SMILES string of the molecule is CN1CCCC1C(=O)NC(C(=O)NCCCCc1cccc(OCCCC=O)c1)C1CCCCC1. The van der Waals surface area contributed by atoms with Gasteiger partial charge in [0.15, 0.2) is 0 Å². The molecule has 7 nitrogen and oxygen atoms in total. The van der Waals surface area contributed by atoms with E-state index in [0.717, 1.165) is 82.8 Å². The van der Waals surface area contributed by atoms with Crippen molar-refractivity contribution in [1.82, 2.24) is 15.5 Å². The van der Waals surface area contributed by atoms with Gasteiger partial charge in [0.05, 0.1) is 12.6 Å². The summed E-state index contributed by atoms with van der Waals surface area (Å²) in [4.78, 5) is 38.5. The van der Waals surface area contributed by atoms with Crippen molar-refractivity contribution in [1.29, 1.82) is 0 Å². The number of rotatable bonds is 14.